The number of hydrogen-bond acceptors (Lipinski definition) is 7. The third kappa shape index (κ3) is 4.99. The highest BCUT2D eigenvalue weighted by atomic mass is 16.2. The molecule has 1 N–H and O–H groups in total. The number of benzene rings is 1. The molecule has 1 amide bonds. The van der Waals surface area contributed by atoms with E-state index in [1.807, 2.05) is 53.0 Å². The van der Waals surface area contributed by atoms with Gasteiger partial charge in [-0.2, -0.15) is 4.98 Å². The fourth-order valence-electron chi connectivity index (χ4n) is 6.46. The molecule has 2 saturated heterocycles. The number of anilines is 3. The number of pyridine rings is 1. The van der Waals surface area contributed by atoms with Crippen LogP contribution in [-0.2, 0) is 4.79 Å². The summed E-state index contributed by atoms with van der Waals surface area (Å²) in [5.41, 5.74) is 3.39. The number of nitrogens with one attached hydrogen (secondary N) is 1. The Morgan fingerprint density at radius 1 is 1.03 bits per heavy atom. The summed E-state index contributed by atoms with van der Waals surface area (Å²) in [5.74, 6) is 1.95. The fraction of sp³-hybridized carbons (Fsp3) is 0.517. The molecule has 9 heteroatoms. The van der Waals surface area contributed by atoms with Crippen LogP contribution in [0.25, 0.3) is 5.65 Å². The molecule has 2 aliphatic heterocycles. The number of hydrogen-bond donors (Lipinski definition) is 1. The highest BCUT2D eigenvalue weighted by Crippen LogP contribution is 2.37. The number of amides is 1. The molecule has 1 aliphatic carbocycles. The first kappa shape index (κ1) is 24.9. The van der Waals surface area contributed by atoms with E-state index in [-0.39, 0.29) is 11.9 Å². The average Bonchev–Trinajstić information content (AvgIpc) is 3.44. The minimum absolute atomic E-state index is 0.0604. The number of ketones is 1. The van der Waals surface area contributed by atoms with E-state index in [9.17, 15) is 9.59 Å². The maximum absolute atomic E-state index is 13.1. The molecule has 3 aromatic rings. The topological polar surface area (TPSA) is 86.1 Å². The predicted molar refractivity (Wildman–Crippen MR) is 148 cm³/mol. The first-order valence-corrected chi connectivity index (χ1v) is 13.9. The van der Waals surface area contributed by atoms with Crippen LogP contribution in [0, 0.1) is 11.8 Å². The van der Waals surface area contributed by atoms with Gasteiger partial charge in [0.05, 0.1) is 5.69 Å². The third-order valence-corrected chi connectivity index (χ3v) is 8.73. The molecule has 6 rings (SSSR count). The quantitative estimate of drug-likeness (QED) is 0.553. The number of rotatable bonds is 5. The minimum Gasteiger partial charge on any atom is -0.368 e. The van der Waals surface area contributed by atoms with E-state index < -0.39 is 0 Å². The molecule has 2 aromatic heterocycles. The number of aromatic nitrogens is 3. The van der Waals surface area contributed by atoms with Crippen LogP contribution in [0.1, 0.15) is 48.9 Å². The fourth-order valence-corrected chi connectivity index (χ4v) is 6.46. The van der Waals surface area contributed by atoms with Gasteiger partial charge in [-0.3, -0.25) is 9.59 Å². The summed E-state index contributed by atoms with van der Waals surface area (Å²) in [7, 11) is 4.04. The molecule has 4 heterocycles. The highest BCUT2D eigenvalue weighted by molar-refractivity contribution is 5.94. The lowest BCUT2D eigenvalue weighted by molar-refractivity contribution is -0.117. The number of piperidine rings is 1. The van der Waals surface area contributed by atoms with Gasteiger partial charge in [-0.05, 0) is 94.1 Å². The van der Waals surface area contributed by atoms with Gasteiger partial charge in [0.1, 0.15) is 5.78 Å². The van der Waals surface area contributed by atoms with Gasteiger partial charge in [0.15, 0.2) is 5.65 Å². The van der Waals surface area contributed by atoms with Gasteiger partial charge in [-0.1, -0.05) is 0 Å². The van der Waals surface area contributed by atoms with Crippen molar-refractivity contribution in [2.45, 2.75) is 44.6 Å². The normalized spacial score (nSPS) is 22.9. The van der Waals surface area contributed by atoms with Crippen molar-refractivity contribution < 1.29 is 9.59 Å². The molecule has 0 unspecified atom stereocenters. The molecule has 1 saturated carbocycles. The number of carbonyl (C=O) groups is 2. The van der Waals surface area contributed by atoms with Crippen molar-refractivity contribution in [3.8, 4) is 0 Å². The predicted octanol–water partition coefficient (Wildman–Crippen LogP) is 3.83. The maximum Gasteiger partial charge on any atom is 0.253 e. The molecule has 3 fully saturated rings. The lowest BCUT2D eigenvalue weighted by Gasteiger charge is -2.35. The molecule has 2 atom stereocenters. The van der Waals surface area contributed by atoms with Gasteiger partial charge in [0.25, 0.3) is 5.91 Å². The summed E-state index contributed by atoms with van der Waals surface area (Å²) in [6.07, 6.45) is 7.61. The van der Waals surface area contributed by atoms with E-state index in [1.165, 1.54) is 0 Å². The van der Waals surface area contributed by atoms with Crippen molar-refractivity contribution in [2.24, 2.45) is 11.8 Å². The third-order valence-electron chi connectivity index (χ3n) is 8.73. The molecule has 0 radical (unpaired) electrons. The summed E-state index contributed by atoms with van der Waals surface area (Å²) < 4.78 is 1.81. The summed E-state index contributed by atoms with van der Waals surface area (Å²) in [6, 6.07) is 12.0. The molecular weight excluding hydrogens is 478 g/mol. The number of nitrogens with zero attached hydrogens (tertiary/aromatic N) is 6. The Bertz CT molecular complexity index is 1310. The van der Waals surface area contributed by atoms with Gasteiger partial charge < -0.3 is 20.0 Å². The Morgan fingerprint density at radius 3 is 2.58 bits per heavy atom. The zero-order valence-corrected chi connectivity index (χ0v) is 22.3. The highest BCUT2D eigenvalue weighted by Gasteiger charge is 2.36. The Balaban J connectivity index is 1.15. The zero-order valence-electron chi connectivity index (χ0n) is 22.3. The van der Waals surface area contributed by atoms with Crippen LogP contribution < -0.4 is 10.2 Å². The average molecular weight is 516 g/mol. The summed E-state index contributed by atoms with van der Waals surface area (Å²) in [6.45, 7) is 3.92. The van der Waals surface area contributed by atoms with Gasteiger partial charge in [0.2, 0.25) is 5.95 Å². The van der Waals surface area contributed by atoms with Gasteiger partial charge in [-0.15, -0.1) is 5.10 Å². The van der Waals surface area contributed by atoms with E-state index in [0.717, 1.165) is 75.3 Å². The summed E-state index contributed by atoms with van der Waals surface area (Å²) in [5, 5.41) is 7.96. The van der Waals surface area contributed by atoms with Crippen LogP contribution in [0.15, 0.2) is 42.6 Å². The molecule has 38 heavy (non-hydrogen) atoms. The Morgan fingerprint density at radius 2 is 1.79 bits per heavy atom. The smallest absolute Gasteiger partial charge is 0.253 e. The van der Waals surface area contributed by atoms with Crippen molar-refractivity contribution in [3.63, 3.8) is 0 Å². The van der Waals surface area contributed by atoms with Gasteiger partial charge >= 0.3 is 0 Å². The first-order valence-electron chi connectivity index (χ1n) is 13.9. The minimum atomic E-state index is 0.0604. The Labute approximate surface area is 223 Å². The van der Waals surface area contributed by atoms with Crippen molar-refractivity contribution >= 4 is 34.7 Å². The molecule has 9 nitrogen and oxygen atoms in total. The van der Waals surface area contributed by atoms with Crippen molar-refractivity contribution in [1.29, 1.82) is 0 Å². The standard InChI is InChI=1S/C29H37N7O2/c1-33-15-11-24(12-16-33)34(2)28(38)20-7-9-23(10-8-20)30-29-31-27-26(6-4-14-36(27)32-29)35-13-3-5-21-17-25(37)18-22(21)19-35/h4,6-10,14,21-22,24H,3,5,11-13,15-19H2,1-2H3,(H,30,32)/t21-,22+/m1/s1. The van der Waals surface area contributed by atoms with E-state index in [0.29, 0.717) is 35.6 Å². The van der Waals surface area contributed by atoms with E-state index in [2.05, 4.69) is 33.3 Å². The second-order valence-electron chi connectivity index (χ2n) is 11.3. The number of likely N-dealkylation sites (tertiary alicyclic amines) is 1. The van der Waals surface area contributed by atoms with Crippen LogP contribution in [0.4, 0.5) is 17.3 Å². The zero-order chi connectivity index (χ0) is 26.2. The molecule has 200 valence electrons. The molecule has 0 spiro atoms. The van der Waals surface area contributed by atoms with E-state index in [1.54, 1.807) is 0 Å². The van der Waals surface area contributed by atoms with Crippen LogP contribution in [-0.4, -0.2) is 82.4 Å². The van der Waals surface area contributed by atoms with Crippen molar-refractivity contribution in [2.75, 3.05) is 50.5 Å². The van der Waals surface area contributed by atoms with Gasteiger partial charge in [-0.25, -0.2) is 4.52 Å². The molecule has 0 bridgehead atoms. The SMILES string of the molecule is CN1CCC(N(C)C(=O)c2ccc(Nc3nc4c(N5CCC[C@@H]6CC(=O)C[C@H]6C5)cccn4n3)cc2)CC1. The number of Topliss-reactive ketones (excluding diaryl/α,β-unsaturated/α-hetero) is 1. The van der Waals surface area contributed by atoms with E-state index >= 15 is 0 Å². The van der Waals surface area contributed by atoms with Crippen LogP contribution in [0.5, 0.6) is 0 Å². The number of fused-ring (bicyclic) bond motifs is 2. The molecular formula is C29H37N7O2. The molecule has 3 aliphatic rings. The Hall–Kier alpha value is -3.46. The summed E-state index contributed by atoms with van der Waals surface area (Å²) >= 11 is 0. The number of carbonyl (C=O) groups excluding carboxylic acids is 2. The van der Waals surface area contributed by atoms with Crippen LogP contribution in [0.2, 0.25) is 0 Å². The maximum atomic E-state index is 13.1. The molecule has 1 aromatic carbocycles. The first-order chi connectivity index (χ1) is 18.4. The van der Waals surface area contributed by atoms with Crippen LogP contribution >= 0.6 is 0 Å². The summed E-state index contributed by atoms with van der Waals surface area (Å²) in [4.78, 5) is 36.5. The van der Waals surface area contributed by atoms with Crippen molar-refractivity contribution in [3.05, 3.63) is 48.2 Å². The van der Waals surface area contributed by atoms with E-state index in [4.69, 9.17) is 4.98 Å². The van der Waals surface area contributed by atoms with Gasteiger partial charge in [0, 0.05) is 56.5 Å². The van der Waals surface area contributed by atoms with Crippen LogP contribution in [0.3, 0.4) is 0 Å². The lowest BCUT2D eigenvalue weighted by Crippen LogP contribution is -2.44. The van der Waals surface area contributed by atoms with Crippen molar-refractivity contribution in [1.82, 2.24) is 24.4 Å². The second kappa shape index (κ2) is 10.4. The second-order valence-corrected chi connectivity index (χ2v) is 11.3. The largest absolute Gasteiger partial charge is 0.368 e. The lowest BCUT2D eigenvalue weighted by atomic mass is 9.93. The monoisotopic (exact) mass is 515 g/mol. The Kier molecular flexibility index (Phi) is 6.78.